The van der Waals surface area contributed by atoms with Crippen LogP contribution in [-0.4, -0.2) is 25.3 Å². The van der Waals surface area contributed by atoms with Gasteiger partial charge >= 0.3 is 0 Å². The number of halogens is 1. The number of ether oxygens (including phenoxy) is 1. The van der Waals surface area contributed by atoms with E-state index in [2.05, 4.69) is 4.57 Å². The maximum atomic E-state index is 10.8. The number of benzene rings is 1. The van der Waals surface area contributed by atoms with E-state index in [0.29, 0.717) is 31.0 Å². The minimum Gasteiger partial charge on any atom is -0.748 e. The predicted molar refractivity (Wildman–Crippen MR) is 101 cm³/mol. The molecule has 0 N–H and O–H groups in total. The molecule has 25 heavy (non-hydrogen) atoms. The molecule has 0 saturated heterocycles. The average molecular weight is 404 g/mol. The maximum absolute atomic E-state index is 10.8. The Kier molecular flexibility index (Phi) is 7.25. The van der Waals surface area contributed by atoms with Crippen LogP contribution in [0.4, 0.5) is 0 Å². The standard InChI is InChI=1S/C17H22ClNO4S2/c1-3-14(23-4-2)12-17-19(9-5-6-10-25(20,21)22)15-11-13(18)7-8-16(15)24-17/h7-8,11-12H,3-6,9-10H2,1-2H3. The smallest absolute Gasteiger partial charge is 0.266 e. The third kappa shape index (κ3) is 5.95. The average Bonchev–Trinajstić information content (AvgIpc) is 2.87. The number of fused-ring (bicyclic) bond motifs is 1. The maximum Gasteiger partial charge on any atom is 0.266 e. The molecule has 0 bridgehead atoms. The first-order valence-corrected chi connectivity index (χ1v) is 11.0. The predicted octanol–water partition coefficient (Wildman–Crippen LogP) is 3.96. The molecule has 0 radical (unpaired) electrons. The van der Waals surface area contributed by atoms with Crippen molar-refractivity contribution < 1.29 is 22.3 Å². The van der Waals surface area contributed by atoms with E-state index in [1.807, 2.05) is 38.1 Å². The SMILES string of the molecule is CCOC(=Cc1sc2ccc(Cl)cc2[n+]1CCCCS(=O)(=O)[O-])CC. The van der Waals surface area contributed by atoms with Crippen LogP contribution in [0.5, 0.6) is 0 Å². The molecule has 2 aromatic rings. The van der Waals surface area contributed by atoms with Crippen LogP contribution in [0, 0.1) is 0 Å². The Morgan fingerprint density at radius 3 is 2.76 bits per heavy atom. The Balaban J connectivity index is 2.33. The van der Waals surface area contributed by atoms with Crippen molar-refractivity contribution in [1.29, 1.82) is 0 Å². The second kappa shape index (κ2) is 8.98. The number of allylic oxidation sites excluding steroid dienone is 1. The quantitative estimate of drug-likeness (QED) is 0.275. The summed E-state index contributed by atoms with van der Waals surface area (Å²) in [4.78, 5) is 0. The molecule has 138 valence electrons. The molecule has 8 heteroatoms. The Morgan fingerprint density at radius 1 is 1.36 bits per heavy atom. The molecule has 1 heterocycles. The van der Waals surface area contributed by atoms with Crippen LogP contribution in [0.2, 0.25) is 5.02 Å². The first-order chi connectivity index (χ1) is 11.8. The fourth-order valence-electron chi connectivity index (χ4n) is 2.53. The molecule has 1 aromatic carbocycles. The second-order valence-corrected chi connectivity index (χ2v) is 8.59. The lowest BCUT2D eigenvalue weighted by Crippen LogP contribution is -2.35. The first-order valence-electron chi connectivity index (χ1n) is 8.23. The highest BCUT2D eigenvalue weighted by atomic mass is 35.5. The molecular weight excluding hydrogens is 382 g/mol. The Bertz CT molecular complexity index is 859. The van der Waals surface area contributed by atoms with Crippen LogP contribution in [0.15, 0.2) is 24.0 Å². The van der Waals surface area contributed by atoms with Crippen molar-refractivity contribution in [2.75, 3.05) is 12.4 Å². The van der Waals surface area contributed by atoms with Crippen molar-refractivity contribution >= 4 is 49.3 Å². The molecule has 0 unspecified atom stereocenters. The fraction of sp³-hybridized carbons (Fsp3) is 0.471. The molecule has 0 saturated carbocycles. The number of thiazole rings is 1. The number of aryl methyl sites for hydroxylation is 1. The van der Waals surface area contributed by atoms with E-state index in [-0.39, 0.29) is 5.75 Å². The summed E-state index contributed by atoms with van der Waals surface area (Å²) in [7, 11) is -4.16. The summed E-state index contributed by atoms with van der Waals surface area (Å²) in [5.41, 5.74) is 1.00. The van der Waals surface area contributed by atoms with Crippen LogP contribution in [-0.2, 0) is 21.4 Å². The zero-order valence-electron chi connectivity index (χ0n) is 14.3. The molecule has 0 spiro atoms. The number of rotatable bonds is 9. The third-order valence-corrected chi connectivity index (χ3v) is 5.82. The highest BCUT2D eigenvalue weighted by Crippen LogP contribution is 2.26. The second-order valence-electron chi connectivity index (χ2n) is 5.57. The summed E-state index contributed by atoms with van der Waals surface area (Å²) in [6.45, 7) is 5.21. The van der Waals surface area contributed by atoms with E-state index in [4.69, 9.17) is 16.3 Å². The minimum atomic E-state index is -4.16. The Hall–Kier alpha value is -1.15. The van der Waals surface area contributed by atoms with Crippen molar-refractivity contribution in [3.05, 3.63) is 34.0 Å². The van der Waals surface area contributed by atoms with Crippen LogP contribution in [0.25, 0.3) is 16.3 Å². The van der Waals surface area contributed by atoms with Gasteiger partial charge in [0, 0.05) is 29.7 Å². The molecule has 5 nitrogen and oxygen atoms in total. The van der Waals surface area contributed by atoms with Crippen molar-refractivity contribution in [1.82, 2.24) is 0 Å². The van der Waals surface area contributed by atoms with Gasteiger partial charge in [0.05, 0.1) is 22.8 Å². The molecule has 2 rings (SSSR count). The van der Waals surface area contributed by atoms with Gasteiger partial charge in [0.2, 0.25) is 5.52 Å². The first kappa shape index (κ1) is 20.2. The van der Waals surface area contributed by atoms with Gasteiger partial charge in [-0.1, -0.05) is 29.9 Å². The largest absolute Gasteiger partial charge is 0.748 e. The lowest BCUT2D eigenvalue weighted by Gasteiger charge is -2.06. The van der Waals surface area contributed by atoms with Gasteiger partial charge in [0.25, 0.3) is 5.01 Å². The van der Waals surface area contributed by atoms with E-state index in [1.54, 1.807) is 11.3 Å². The molecular formula is C17H22ClNO4S2. The summed E-state index contributed by atoms with van der Waals surface area (Å²) >= 11 is 7.77. The van der Waals surface area contributed by atoms with Gasteiger partial charge < -0.3 is 9.29 Å². The van der Waals surface area contributed by atoms with E-state index in [1.165, 1.54) is 0 Å². The number of nitrogens with zero attached hydrogens (tertiary/aromatic N) is 1. The monoisotopic (exact) mass is 403 g/mol. The molecule has 1 aromatic heterocycles. The number of hydrogen-bond acceptors (Lipinski definition) is 5. The van der Waals surface area contributed by atoms with Crippen molar-refractivity contribution in [3.63, 3.8) is 0 Å². The normalized spacial score (nSPS) is 12.7. The van der Waals surface area contributed by atoms with E-state index in [9.17, 15) is 13.0 Å². The van der Waals surface area contributed by atoms with Crippen LogP contribution >= 0.6 is 22.9 Å². The van der Waals surface area contributed by atoms with Gasteiger partial charge in [-0.3, -0.25) is 0 Å². The zero-order chi connectivity index (χ0) is 18.4. The van der Waals surface area contributed by atoms with Crippen LogP contribution in [0.3, 0.4) is 0 Å². The minimum absolute atomic E-state index is 0.333. The summed E-state index contributed by atoms with van der Waals surface area (Å²) in [5.74, 6) is 0.566. The number of unbranched alkanes of at least 4 members (excludes halogenated alkanes) is 1. The highest BCUT2D eigenvalue weighted by Gasteiger charge is 2.20. The highest BCUT2D eigenvalue weighted by molar-refractivity contribution is 7.85. The van der Waals surface area contributed by atoms with Gasteiger partial charge in [-0.2, -0.15) is 4.57 Å². The van der Waals surface area contributed by atoms with E-state index >= 15 is 0 Å². The van der Waals surface area contributed by atoms with Gasteiger partial charge in [-0.15, -0.1) is 0 Å². The van der Waals surface area contributed by atoms with Gasteiger partial charge in [0.1, 0.15) is 10.5 Å². The summed E-state index contributed by atoms with van der Waals surface area (Å²) in [6.07, 6.45) is 3.75. The molecule has 0 atom stereocenters. The Labute approximate surface area is 157 Å². The fourth-order valence-corrected chi connectivity index (χ4v) is 4.38. The van der Waals surface area contributed by atoms with Crippen LogP contribution in [0.1, 0.15) is 38.1 Å². The Morgan fingerprint density at radius 2 is 2.12 bits per heavy atom. The zero-order valence-corrected chi connectivity index (χ0v) is 16.7. The number of aromatic nitrogens is 1. The van der Waals surface area contributed by atoms with Gasteiger partial charge in [0.15, 0.2) is 6.54 Å². The summed E-state index contributed by atoms with van der Waals surface area (Å²) in [6, 6.07) is 5.73. The third-order valence-electron chi connectivity index (χ3n) is 3.68. The molecule has 0 aliphatic carbocycles. The molecule has 0 aliphatic heterocycles. The molecule has 0 fully saturated rings. The van der Waals surface area contributed by atoms with Crippen LogP contribution < -0.4 is 4.57 Å². The van der Waals surface area contributed by atoms with Crippen molar-refractivity contribution in [2.24, 2.45) is 0 Å². The number of hydrogen-bond donors (Lipinski definition) is 0. The van der Waals surface area contributed by atoms with E-state index in [0.717, 1.165) is 27.4 Å². The lowest BCUT2D eigenvalue weighted by molar-refractivity contribution is -0.669. The lowest BCUT2D eigenvalue weighted by atomic mass is 10.3. The summed E-state index contributed by atoms with van der Waals surface area (Å²) in [5, 5.41) is 1.67. The molecule has 0 aliphatic rings. The van der Waals surface area contributed by atoms with Crippen molar-refractivity contribution in [2.45, 2.75) is 39.7 Å². The topological polar surface area (TPSA) is 70.3 Å². The summed E-state index contributed by atoms with van der Waals surface area (Å²) < 4.78 is 41.2. The van der Waals surface area contributed by atoms with Gasteiger partial charge in [-0.25, -0.2) is 8.42 Å². The van der Waals surface area contributed by atoms with Crippen molar-refractivity contribution in [3.8, 4) is 0 Å². The van der Waals surface area contributed by atoms with Gasteiger partial charge in [-0.05, 0) is 25.5 Å². The van der Waals surface area contributed by atoms with E-state index < -0.39 is 10.1 Å². The molecule has 0 amide bonds.